The van der Waals surface area contributed by atoms with Gasteiger partial charge in [-0.05, 0) is 26.2 Å². The van der Waals surface area contributed by atoms with Gasteiger partial charge in [0.15, 0.2) is 0 Å². The van der Waals surface area contributed by atoms with Crippen molar-refractivity contribution in [2.75, 3.05) is 13.1 Å². The zero-order valence-corrected chi connectivity index (χ0v) is 14.5. The van der Waals surface area contributed by atoms with Crippen LogP contribution in [-0.4, -0.2) is 38.8 Å². The van der Waals surface area contributed by atoms with Gasteiger partial charge in [0.05, 0.1) is 17.9 Å². The van der Waals surface area contributed by atoms with Gasteiger partial charge >= 0.3 is 0 Å². The molecule has 130 valence electrons. The lowest BCUT2D eigenvalue weighted by atomic mass is 9.85. The van der Waals surface area contributed by atoms with Gasteiger partial charge in [-0.25, -0.2) is 0 Å². The van der Waals surface area contributed by atoms with Crippen LogP contribution in [0.3, 0.4) is 0 Å². The molecule has 1 fully saturated rings. The molecule has 1 amide bonds. The van der Waals surface area contributed by atoms with Crippen LogP contribution in [0.25, 0.3) is 0 Å². The van der Waals surface area contributed by atoms with Crippen molar-refractivity contribution in [1.82, 2.24) is 25.2 Å². The highest BCUT2D eigenvalue weighted by atomic mass is 16.5. The first-order valence-corrected chi connectivity index (χ1v) is 8.48. The van der Waals surface area contributed by atoms with Crippen molar-refractivity contribution < 1.29 is 9.32 Å². The van der Waals surface area contributed by atoms with E-state index in [4.69, 9.17) is 4.52 Å². The molecule has 0 unspecified atom stereocenters. The van der Waals surface area contributed by atoms with Crippen LogP contribution >= 0.6 is 0 Å². The average molecular weight is 331 g/mol. The van der Waals surface area contributed by atoms with Gasteiger partial charge in [-0.3, -0.25) is 9.48 Å². The molecule has 0 saturated carbocycles. The first-order valence-electron chi connectivity index (χ1n) is 8.48. The summed E-state index contributed by atoms with van der Waals surface area (Å²) in [5.74, 6) is 0.601. The van der Waals surface area contributed by atoms with Crippen molar-refractivity contribution >= 4 is 5.91 Å². The molecule has 7 heteroatoms. The zero-order valence-electron chi connectivity index (χ0n) is 14.5. The molecule has 0 radical (unpaired) electrons. The molecular weight excluding hydrogens is 306 g/mol. The summed E-state index contributed by atoms with van der Waals surface area (Å²) in [7, 11) is 1.91. The second-order valence-corrected chi connectivity index (χ2v) is 6.43. The van der Waals surface area contributed by atoms with E-state index in [0.717, 1.165) is 42.9 Å². The highest BCUT2D eigenvalue weighted by Crippen LogP contribution is 2.36. The van der Waals surface area contributed by atoms with Crippen molar-refractivity contribution in [3.05, 3.63) is 35.5 Å². The van der Waals surface area contributed by atoms with Crippen LogP contribution in [0.1, 0.15) is 42.6 Å². The molecule has 7 nitrogen and oxygen atoms in total. The van der Waals surface area contributed by atoms with Crippen LogP contribution in [0.2, 0.25) is 0 Å². The number of carbonyl (C=O) groups is 1. The number of aryl methyl sites for hydroxylation is 2. The Kier molecular flexibility index (Phi) is 4.99. The number of piperidine rings is 1. The molecule has 24 heavy (non-hydrogen) atoms. The molecule has 1 saturated heterocycles. The third-order valence-electron chi connectivity index (χ3n) is 4.81. The Morgan fingerprint density at radius 2 is 2.29 bits per heavy atom. The third-order valence-corrected chi connectivity index (χ3v) is 4.81. The van der Waals surface area contributed by atoms with E-state index >= 15 is 0 Å². The summed E-state index contributed by atoms with van der Waals surface area (Å²) in [4.78, 5) is 14.3. The molecule has 2 aromatic heterocycles. The number of carbonyl (C=O) groups excluding carboxylic acids is 1. The van der Waals surface area contributed by atoms with Gasteiger partial charge in [0.2, 0.25) is 5.91 Å². The van der Waals surface area contributed by atoms with Crippen molar-refractivity contribution in [3.63, 3.8) is 0 Å². The summed E-state index contributed by atoms with van der Waals surface area (Å²) in [5, 5.41) is 11.7. The summed E-state index contributed by atoms with van der Waals surface area (Å²) in [6, 6.07) is 0.0843. The predicted molar refractivity (Wildman–Crippen MR) is 89.0 cm³/mol. The van der Waals surface area contributed by atoms with Crippen molar-refractivity contribution in [2.45, 2.75) is 39.3 Å². The van der Waals surface area contributed by atoms with E-state index in [1.807, 2.05) is 38.2 Å². The highest BCUT2D eigenvalue weighted by molar-refractivity contribution is 5.77. The molecule has 0 bridgehead atoms. The SMILES string of the molecule is CCN1C(=O)CC[C@H](CNCc2conc2C)[C@H]1c1cnn(C)c1. The number of amides is 1. The second-order valence-electron chi connectivity index (χ2n) is 6.43. The summed E-state index contributed by atoms with van der Waals surface area (Å²) in [6.45, 7) is 6.27. The summed E-state index contributed by atoms with van der Waals surface area (Å²) >= 11 is 0. The van der Waals surface area contributed by atoms with Crippen molar-refractivity contribution in [2.24, 2.45) is 13.0 Å². The van der Waals surface area contributed by atoms with Crippen LogP contribution in [0.4, 0.5) is 0 Å². The van der Waals surface area contributed by atoms with Crippen LogP contribution in [0.5, 0.6) is 0 Å². The molecule has 0 aliphatic carbocycles. The molecule has 2 atom stereocenters. The number of rotatable bonds is 6. The number of nitrogens with zero attached hydrogens (tertiary/aromatic N) is 4. The summed E-state index contributed by atoms with van der Waals surface area (Å²) in [5.41, 5.74) is 3.10. The fraction of sp³-hybridized carbons (Fsp3) is 0.588. The van der Waals surface area contributed by atoms with Crippen molar-refractivity contribution in [3.8, 4) is 0 Å². The lowest BCUT2D eigenvalue weighted by molar-refractivity contribution is -0.138. The standard InChI is InChI=1S/C17H25N5O2/c1-4-22-16(23)6-5-13(17(22)14-9-19-21(3)10-14)7-18-8-15-11-24-20-12(15)2/h9-11,13,17-18H,4-8H2,1-3H3/t13-,17+/m1/s1. The minimum atomic E-state index is 0.0843. The van der Waals surface area contributed by atoms with Gasteiger partial charge in [0.25, 0.3) is 0 Å². The van der Waals surface area contributed by atoms with Crippen molar-refractivity contribution in [1.29, 1.82) is 0 Å². The second kappa shape index (κ2) is 7.17. The van der Waals surface area contributed by atoms with Gasteiger partial charge in [-0.15, -0.1) is 0 Å². The average Bonchev–Trinajstić information content (AvgIpc) is 3.17. The van der Waals surface area contributed by atoms with E-state index < -0.39 is 0 Å². The molecule has 3 rings (SSSR count). The minimum absolute atomic E-state index is 0.0843. The lowest BCUT2D eigenvalue weighted by Crippen LogP contribution is -2.45. The molecular formula is C17H25N5O2. The maximum Gasteiger partial charge on any atom is 0.223 e. The smallest absolute Gasteiger partial charge is 0.223 e. The molecule has 2 aromatic rings. The number of hydrogen-bond acceptors (Lipinski definition) is 5. The first-order chi connectivity index (χ1) is 11.6. The quantitative estimate of drug-likeness (QED) is 0.873. The Morgan fingerprint density at radius 3 is 2.92 bits per heavy atom. The molecule has 1 aliphatic rings. The summed E-state index contributed by atoms with van der Waals surface area (Å²) in [6.07, 6.45) is 7.09. The number of hydrogen-bond donors (Lipinski definition) is 1. The molecule has 3 heterocycles. The Labute approximate surface area is 142 Å². The first kappa shape index (κ1) is 16.7. The van der Waals surface area contributed by atoms with Gasteiger partial charge < -0.3 is 14.7 Å². The maximum absolute atomic E-state index is 12.3. The van der Waals surface area contributed by atoms with Crippen LogP contribution in [0, 0.1) is 12.8 Å². The molecule has 0 spiro atoms. The van der Waals surface area contributed by atoms with E-state index in [0.29, 0.717) is 12.3 Å². The number of likely N-dealkylation sites (tertiary alicyclic amines) is 1. The normalized spacial score (nSPS) is 21.5. The summed E-state index contributed by atoms with van der Waals surface area (Å²) < 4.78 is 6.77. The predicted octanol–water partition coefficient (Wildman–Crippen LogP) is 1.81. The molecule has 1 aliphatic heterocycles. The van der Waals surface area contributed by atoms with E-state index in [1.165, 1.54) is 0 Å². The van der Waals surface area contributed by atoms with Gasteiger partial charge in [0, 0.05) is 50.4 Å². The van der Waals surface area contributed by atoms with Gasteiger partial charge in [-0.1, -0.05) is 5.16 Å². The molecule has 0 aromatic carbocycles. The van der Waals surface area contributed by atoms with Crippen LogP contribution in [-0.2, 0) is 18.4 Å². The lowest BCUT2D eigenvalue weighted by Gasteiger charge is -2.40. The molecule has 1 N–H and O–H groups in total. The monoisotopic (exact) mass is 331 g/mol. The number of aromatic nitrogens is 3. The van der Waals surface area contributed by atoms with E-state index in [1.54, 1.807) is 10.9 Å². The maximum atomic E-state index is 12.3. The van der Waals surface area contributed by atoms with Gasteiger partial charge in [0.1, 0.15) is 6.26 Å². The van der Waals surface area contributed by atoms with E-state index in [2.05, 4.69) is 15.6 Å². The highest BCUT2D eigenvalue weighted by Gasteiger charge is 2.36. The Balaban J connectivity index is 1.71. The van der Waals surface area contributed by atoms with E-state index in [9.17, 15) is 4.79 Å². The topological polar surface area (TPSA) is 76.2 Å². The Bertz CT molecular complexity index is 693. The van der Waals surface area contributed by atoms with E-state index in [-0.39, 0.29) is 11.9 Å². The Morgan fingerprint density at radius 1 is 1.46 bits per heavy atom. The number of nitrogens with one attached hydrogen (secondary N) is 1. The van der Waals surface area contributed by atoms with Gasteiger partial charge in [-0.2, -0.15) is 5.10 Å². The van der Waals surface area contributed by atoms with Crippen LogP contribution in [0.15, 0.2) is 23.2 Å². The minimum Gasteiger partial charge on any atom is -0.364 e. The zero-order chi connectivity index (χ0) is 17.1. The Hall–Kier alpha value is -2.15. The van der Waals surface area contributed by atoms with Crippen LogP contribution < -0.4 is 5.32 Å². The fourth-order valence-electron chi connectivity index (χ4n) is 3.53. The largest absolute Gasteiger partial charge is 0.364 e. The third kappa shape index (κ3) is 3.36. The fourth-order valence-corrected chi connectivity index (χ4v) is 3.53.